The number of carbonyl (C=O) groups excluding carboxylic acids is 1. The molecule has 0 spiro atoms. The lowest BCUT2D eigenvalue weighted by Gasteiger charge is -2.26. The van der Waals surface area contributed by atoms with Gasteiger partial charge in [-0.1, -0.05) is 60.7 Å². The van der Waals surface area contributed by atoms with Crippen molar-refractivity contribution in [1.29, 1.82) is 0 Å². The van der Waals surface area contributed by atoms with E-state index in [0.29, 0.717) is 5.56 Å². The fourth-order valence-corrected chi connectivity index (χ4v) is 5.11. The fourth-order valence-electron chi connectivity index (χ4n) is 5.11. The molecule has 0 amide bonds. The highest BCUT2D eigenvalue weighted by Gasteiger charge is 2.15. The van der Waals surface area contributed by atoms with Crippen LogP contribution in [0.1, 0.15) is 20.7 Å². The van der Waals surface area contributed by atoms with Crippen molar-refractivity contribution in [3.63, 3.8) is 0 Å². The van der Waals surface area contributed by atoms with Crippen LogP contribution in [0.4, 0.5) is 34.1 Å². The van der Waals surface area contributed by atoms with Gasteiger partial charge in [0.1, 0.15) is 6.29 Å². The second-order valence-corrected chi connectivity index (χ2v) is 10.00. The Morgan fingerprint density at radius 3 is 1.12 bits per heavy atom. The number of nitrogens with zero attached hydrogens (tertiary/aromatic N) is 2. The predicted octanol–water partition coefficient (Wildman–Crippen LogP) is 9.80. The van der Waals surface area contributed by atoms with Crippen LogP contribution in [0.5, 0.6) is 0 Å². The SMILES string of the molecule is O=Cc1ccc(N(c2ccccc2)c2ccc(-c3ccc(N(c4ccccc4)c4ccc(C(=O)O)cc4)cc3)cc2)cc1. The van der Waals surface area contributed by atoms with Gasteiger partial charge in [-0.25, -0.2) is 4.79 Å². The second-order valence-electron chi connectivity index (χ2n) is 10.00. The Bertz CT molecular complexity index is 1820. The van der Waals surface area contributed by atoms with Gasteiger partial charge in [-0.2, -0.15) is 0 Å². The highest BCUT2D eigenvalue weighted by Crippen LogP contribution is 2.38. The summed E-state index contributed by atoms with van der Waals surface area (Å²) in [5.41, 5.74) is 8.84. The van der Waals surface area contributed by atoms with E-state index in [1.807, 2.05) is 84.9 Å². The van der Waals surface area contributed by atoms with Crippen LogP contribution in [0.3, 0.4) is 0 Å². The van der Waals surface area contributed by atoms with Crippen LogP contribution in [0.15, 0.2) is 158 Å². The van der Waals surface area contributed by atoms with Crippen LogP contribution < -0.4 is 9.80 Å². The molecule has 0 saturated heterocycles. The van der Waals surface area contributed by atoms with Gasteiger partial charge in [-0.05, 0) is 108 Å². The molecular formula is C38H28N2O3. The molecule has 208 valence electrons. The van der Waals surface area contributed by atoms with Crippen LogP contribution in [0.2, 0.25) is 0 Å². The molecule has 0 aliphatic carbocycles. The minimum Gasteiger partial charge on any atom is -0.478 e. The van der Waals surface area contributed by atoms with Crippen molar-refractivity contribution in [3.05, 3.63) is 169 Å². The zero-order chi connectivity index (χ0) is 29.6. The normalized spacial score (nSPS) is 10.6. The van der Waals surface area contributed by atoms with Crippen LogP contribution in [-0.4, -0.2) is 17.4 Å². The Balaban J connectivity index is 1.31. The molecule has 0 radical (unpaired) electrons. The van der Waals surface area contributed by atoms with E-state index in [4.69, 9.17) is 0 Å². The number of benzene rings is 6. The fraction of sp³-hybridized carbons (Fsp3) is 0. The maximum absolute atomic E-state index is 11.4. The molecular weight excluding hydrogens is 532 g/mol. The van der Waals surface area contributed by atoms with Crippen LogP contribution in [0, 0.1) is 0 Å². The molecule has 0 bridgehead atoms. The maximum atomic E-state index is 11.4. The van der Waals surface area contributed by atoms with E-state index in [9.17, 15) is 14.7 Å². The molecule has 0 aromatic heterocycles. The molecule has 0 unspecified atom stereocenters. The highest BCUT2D eigenvalue weighted by molar-refractivity contribution is 5.89. The molecule has 5 heteroatoms. The zero-order valence-corrected chi connectivity index (χ0v) is 23.2. The number of hydrogen-bond donors (Lipinski definition) is 1. The average molecular weight is 561 g/mol. The van der Waals surface area contributed by atoms with Crippen molar-refractivity contribution in [2.75, 3.05) is 9.80 Å². The Hall–Kier alpha value is -5.94. The van der Waals surface area contributed by atoms with Gasteiger partial charge in [-0.3, -0.25) is 4.79 Å². The van der Waals surface area contributed by atoms with E-state index >= 15 is 0 Å². The lowest BCUT2D eigenvalue weighted by molar-refractivity contribution is 0.0696. The summed E-state index contributed by atoms with van der Waals surface area (Å²) in [4.78, 5) is 26.9. The molecule has 0 aliphatic heterocycles. The highest BCUT2D eigenvalue weighted by atomic mass is 16.4. The minimum atomic E-state index is -0.948. The summed E-state index contributed by atoms with van der Waals surface area (Å²) in [5, 5.41) is 9.34. The van der Waals surface area contributed by atoms with E-state index < -0.39 is 5.97 Å². The summed E-state index contributed by atoms with van der Waals surface area (Å²) < 4.78 is 0. The van der Waals surface area contributed by atoms with Gasteiger partial charge in [0.25, 0.3) is 0 Å². The molecule has 0 aliphatic rings. The number of aldehydes is 1. The quantitative estimate of drug-likeness (QED) is 0.178. The Kier molecular flexibility index (Phi) is 7.78. The van der Waals surface area contributed by atoms with E-state index in [-0.39, 0.29) is 5.56 Å². The van der Waals surface area contributed by atoms with Gasteiger partial charge in [0.05, 0.1) is 5.56 Å². The van der Waals surface area contributed by atoms with Gasteiger partial charge in [0.15, 0.2) is 0 Å². The first kappa shape index (κ1) is 27.2. The minimum absolute atomic E-state index is 0.249. The number of carbonyl (C=O) groups is 2. The Labute approximate surface area is 250 Å². The van der Waals surface area contributed by atoms with Crippen LogP contribution in [-0.2, 0) is 0 Å². The number of rotatable bonds is 9. The molecule has 6 aromatic rings. The second kappa shape index (κ2) is 12.3. The maximum Gasteiger partial charge on any atom is 0.335 e. The van der Waals surface area contributed by atoms with Crippen molar-refractivity contribution in [2.45, 2.75) is 0 Å². The average Bonchev–Trinajstić information content (AvgIpc) is 3.07. The molecule has 0 heterocycles. The summed E-state index contributed by atoms with van der Waals surface area (Å²) in [6, 6.07) is 51.4. The number of hydrogen-bond acceptors (Lipinski definition) is 4. The molecule has 6 aromatic carbocycles. The Morgan fingerprint density at radius 2 is 0.767 bits per heavy atom. The third-order valence-corrected chi connectivity index (χ3v) is 7.27. The zero-order valence-electron chi connectivity index (χ0n) is 23.2. The van der Waals surface area contributed by atoms with E-state index in [2.05, 4.69) is 70.5 Å². The van der Waals surface area contributed by atoms with Gasteiger partial charge in [0, 0.05) is 39.7 Å². The summed E-state index contributed by atoms with van der Waals surface area (Å²) in [7, 11) is 0. The van der Waals surface area contributed by atoms with Crippen molar-refractivity contribution < 1.29 is 14.7 Å². The molecule has 43 heavy (non-hydrogen) atoms. The van der Waals surface area contributed by atoms with Crippen molar-refractivity contribution in [2.24, 2.45) is 0 Å². The standard InChI is InChI=1S/C38H28N2O3/c41-27-28-11-19-34(20-12-28)39(32-7-3-1-4-8-32)35-21-13-29(14-22-35)30-15-23-36(24-16-30)40(33-9-5-2-6-10-33)37-25-17-31(18-26-37)38(42)43/h1-27H,(H,42,43). The third-order valence-electron chi connectivity index (χ3n) is 7.27. The summed E-state index contributed by atoms with van der Waals surface area (Å²) in [5.74, 6) is -0.948. The molecule has 0 saturated carbocycles. The predicted molar refractivity (Wildman–Crippen MR) is 174 cm³/mol. The molecule has 0 fully saturated rings. The van der Waals surface area contributed by atoms with Crippen LogP contribution >= 0.6 is 0 Å². The number of carboxylic acid groups (broad SMARTS) is 1. The number of anilines is 6. The van der Waals surface area contributed by atoms with Crippen molar-refractivity contribution >= 4 is 46.4 Å². The number of para-hydroxylation sites is 2. The van der Waals surface area contributed by atoms with Crippen molar-refractivity contribution in [1.82, 2.24) is 0 Å². The molecule has 0 atom stereocenters. The van der Waals surface area contributed by atoms with Gasteiger partial charge >= 0.3 is 5.97 Å². The van der Waals surface area contributed by atoms with E-state index in [1.54, 1.807) is 12.1 Å². The largest absolute Gasteiger partial charge is 0.478 e. The van der Waals surface area contributed by atoms with E-state index in [0.717, 1.165) is 51.5 Å². The third kappa shape index (κ3) is 5.92. The molecule has 5 nitrogen and oxygen atoms in total. The Morgan fingerprint density at radius 1 is 0.442 bits per heavy atom. The van der Waals surface area contributed by atoms with Crippen molar-refractivity contribution in [3.8, 4) is 11.1 Å². The topological polar surface area (TPSA) is 60.9 Å². The molecule has 1 N–H and O–H groups in total. The van der Waals surface area contributed by atoms with Gasteiger partial charge < -0.3 is 14.9 Å². The van der Waals surface area contributed by atoms with Gasteiger partial charge in [-0.15, -0.1) is 0 Å². The lowest BCUT2D eigenvalue weighted by atomic mass is 10.0. The first-order valence-electron chi connectivity index (χ1n) is 13.9. The summed E-state index contributed by atoms with van der Waals surface area (Å²) in [6.07, 6.45) is 0.852. The van der Waals surface area contributed by atoms with E-state index in [1.165, 1.54) is 0 Å². The smallest absolute Gasteiger partial charge is 0.335 e. The molecule has 6 rings (SSSR count). The first-order valence-corrected chi connectivity index (χ1v) is 13.9. The van der Waals surface area contributed by atoms with Crippen LogP contribution in [0.25, 0.3) is 11.1 Å². The number of aromatic carboxylic acids is 1. The summed E-state index contributed by atoms with van der Waals surface area (Å²) in [6.45, 7) is 0. The monoisotopic (exact) mass is 560 g/mol. The van der Waals surface area contributed by atoms with Gasteiger partial charge in [0.2, 0.25) is 0 Å². The lowest BCUT2D eigenvalue weighted by Crippen LogP contribution is -2.10. The number of carboxylic acids is 1. The summed E-state index contributed by atoms with van der Waals surface area (Å²) >= 11 is 0. The first-order chi connectivity index (χ1) is 21.1.